The molecule has 0 spiro atoms. The number of nitriles is 1. The van der Waals surface area contributed by atoms with Crippen LogP contribution in [-0.2, 0) is 9.47 Å². The van der Waals surface area contributed by atoms with Crippen molar-refractivity contribution in [1.29, 1.82) is 5.26 Å². The van der Waals surface area contributed by atoms with Gasteiger partial charge >= 0.3 is 0 Å². The highest BCUT2D eigenvalue weighted by atomic mass is 16.5. The van der Waals surface area contributed by atoms with E-state index in [1.807, 2.05) is 13.8 Å². The van der Waals surface area contributed by atoms with Gasteiger partial charge in [0.1, 0.15) is 6.04 Å². The zero-order chi connectivity index (χ0) is 11.1. The summed E-state index contributed by atoms with van der Waals surface area (Å²) >= 11 is 0. The van der Waals surface area contributed by atoms with Crippen LogP contribution >= 0.6 is 0 Å². The van der Waals surface area contributed by atoms with Crippen LogP contribution in [0.1, 0.15) is 26.7 Å². The molecule has 0 radical (unpaired) electrons. The Labute approximate surface area is 91.6 Å². The Morgan fingerprint density at radius 1 is 1.47 bits per heavy atom. The van der Waals surface area contributed by atoms with Crippen LogP contribution in [0.4, 0.5) is 0 Å². The molecule has 86 valence electrons. The molecule has 2 atom stereocenters. The number of nitrogens with zero attached hydrogens (tertiary/aromatic N) is 1. The molecular weight excluding hydrogens is 192 g/mol. The maximum atomic E-state index is 8.87. The maximum absolute atomic E-state index is 8.87. The van der Waals surface area contributed by atoms with E-state index in [0.717, 1.165) is 0 Å². The first kappa shape index (κ1) is 12.4. The van der Waals surface area contributed by atoms with Gasteiger partial charge in [-0.2, -0.15) is 5.26 Å². The molecule has 0 amide bonds. The van der Waals surface area contributed by atoms with Crippen molar-refractivity contribution < 1.29 is 9.47 Å². The van der Waals surface area contributed by atoms with Gasteiger partial charge in [-0.3, -0.25) is 5.32 Å². The van der Waals surface area contributed by atoms with Crippen molar-refractivity contribution in [3.05, 3.63) is 0 Å². The van der Waals surface area contributed by atoms with Crippen molar-refractivity contribution in [3.63, 3.8) is 0 Å². The van der Waals surface area contributed by atoms with Crippen LogP contribution in [0.25, 0.3) is 0 Å². The second-order valence-electron chi connectivity index (χ2n) is 3.93. The van der Waals surface area contributed by atoms with Crippen LogP contribution in [-0.4, -0.2) is 38.0 Å². The second kappa shape index (κ2) is 6.78. The van der Waals surface area contributed by atoms with Crippen LogP contribution in [0.5, 0.6) is 0 Å². The molecule has 15 heavy (non-hydrogen) atoms. The van der Waals surface area contributed by atoms with Crippen molar-refractivity contribution in [2.75, 3.05) is 19.8 Å². The molecule has 2 unspecified atom stereocenters. The van der Waals surface area contributed by atoms with E-state index in [2.05, 4.69) is 11.4 Å². The van der Waals surface area contributed by atoms with Gasteiger partial charge in [-0.25, -0.2) is 0 Å². The summed E-state index contributed by atoms with van der Waals surface area (Å²) in [5.74, 6) is 0. The Kier molecular flexibility index (Phi) is 5.62. The summed E-state index contributed by atoms with van der Waals surface area (Å²) in [6.07, 6.45) is 2.43. The molecular formula is C11H20N2O2. The van der Waals surface area contributed by atoms with E-state index in [4.69, 9.17) is 14.7 Å². The molecule has 4 nitrogen and oxygen atoms in total. The molecule has 0 aromatic rings. The largest absolute Gasteiger partial charge is 0.379 e. The van der Waals surface area contributed by atoms with Gasteiger partial charge < -0.3 is 9.47 Å². The Morgan fingerprint density at radius 3 is 2.73 bits per heavy atom. The Hall–Kier alpha value is -0.630. The molecule has 0 aromatic heterocycles. The van der Waals surface area contributed by atoms with Crippen molar-refractivity contribution in [1.82, 2.24) is 5.32 Å². The van der Waals surface area contributed by atoms with Crippen molar-refractivity contribution in [2.24, 2.45) is 0 Å². The minimum absolute atomic E-state index is 0.0572. The minimum Gasteiger partial charge on any atom is -0.379 e. The number of ether oxygens (including phenoxy) is 2. The summed E-state index contributed by atoms with van der Waals surface area (Å²) in [6, 6.07) is 2.57. The van der Waals surface area contributed by atoms with Crippen LogP contribution < -0.4 is 5.32 Å². The van der Waals surface area contributed by atoms with Gasteiger partial charge in [0, 0.05) is 12.6 Å². The van der Waals surface area contributed by atoms with E-state index < -0.39 is 0 Å². The molecule has 0 aromatic carbocycles. The number of nitrogens with one attached hydrogen (secondary N) is 1. The Balaban J connectivity index is 2.07. The van der Waals surface area contributed by atoms with Gasteiger partial charge in [0.25, 0.3) is 0 Å². The quantitative estimate of drug-likeness (QED) is 0.654. The number of hydrogen-bond donors (Lipinski definition) is 1. The second-order valence-corrected chi connectivity index (χ2v) is 3.93. The predicted molar refractivity (Wildman–Crippen MR) is 57.5 cm³/mol. The third-order valence-electron chi connectivity index (χ3n) is 2.27. The Bertz CT molecular complexity index is 211. The first-order valence-corrected chi connectivity index (χ1v) is 5.61. The van der Waals surface area contributed by atoms with E-state index >= 15 is 0 Å². The summed E-state index contributed by atoms with van der Waals surface area (Å²) in [5.41, 5.74) is 0. The normalized spacial score (nSPS) is 19.5. The van der Waals surface area contributed by atoms with E-state index in [1.165, 1.54) is 12.8 Å². The first-order chi connectivity index (χ1) is 7.26. The highest BCUT2D eigenvalue weighted by molar-refractivity contribution is 4.95. The lowest BCUT2D eigenvalue weighted by molar-refractivity contribution is -0.00702. The fourth-order valence-electron chi connectivity index (χ4n) is 1.25. The van der Waals surface area contributed by atoms with Crippen molar-refractivity contribution in [2.45, 2.75) is 44.9 Å². The molecule has 4 heteroatoms. The smallest absolute Gasteiger partial charge is 0.119 e. The molecule has 1 aliphatic carbocycles. The van der Waals surface area contributed by atoms with Gasteiger partial charge in [0.05, 0.1) is 25.4 Å². The molecule has 0 aliphatic heterocycles. The van der Waals surface area contributed by atoms with E-state index in [0.29, 0.717) is 25.9 Å². The molecule has 0 saturated heterocycles. The predicted octanol–water partition coefficient (Wildman–Crippen LogP) is 1.07. The molecule has 1 rings (SSSR count). The van der Waals surface area contributed by atoms with Crippen LogP contribution in [0.2, 0.25) is 0 Å². The van der Waals surface area contributed by atoms with E-state index in [1.54, 1.807) is 0 Å². The van der Waals surface area contributed by atoms with Gasteiger partial charge in [-0.05, 0) is 26.7 Å². The number of hydrogen-bond acceptors (Lipinski definition) is 4. The average Bonchev–Trinajstić information content (AvgIpc) is 3.04. The SMILES string of the molecule is CCOCC(C)OCC(C#N)NC1CC1. The highest BCUT2D eigenvalue weighted by Crippen LogP contribution is 2.19. The van der Waals surface area contributed by atoms with Gasteiger partial charge in [0.15, 0.2) is 0 Å². The van der Waals surface area contributed by atoms with Gasteiger partial charge in [-0.15, -0.1) is 0 Å². The lowest BCUT2D eigenvalue weighted by Crippen LogP contribution is -2.35. The third kappa shape index (κ3) is 5.73. The zero-order valence-electron chi connectivity index (χ0n) is 9.53. The highest BCUT2D eigenvalue weighted by Gasteiger charge is 2.24. The zero-order valence-corrected chi connectivity index (χ0v) is 9.53. The summed E-state index contributed by atoms with van der Waals surface area (Å²) in [4.78, 5) is 0. The van der Waals surface area contributed by atoms with Crippen LogP contribution in [0.15, 0.2) is 0 Å². The molecule has 1 saturated carbocycles. The standard InChI is InChI=1S/C11H20N2O2/c1-3-14-7-9(2)15-8-11(6-12)13-10-4-5-10/h9-11,13H,3-5,7-8H2,1-2H3. The third-order valence-corrected chi connectivity index (χ3v) is 2.27. The summed E-state index contributed by atoms with van der Waals surface area (Å²) < 4.78 is 10.7. The molecule has 1 fully saturated rings. The maximum Gasteiger partial charge on any atom is 0.119 e. The summed E-state index contributed by atoms with van der Waals surface area (Å²) in [6.45, 7) is 5.66. The molecule has 0 bridgehead atoms. The van der Waals surface area contributed by atoms with E-state index in [-0.39, 0.29) is 12.1 Å². The first-order valence-electron chi connectivity index (χ1n) is 5.61. The summed E-state index contributed by atoms with van der Waals surface area (Å²) in [7, 11) is 0. The monoisotopic (exact) mass is 212 g/mol. The van der Waals surface area contributed by atoms with Gasteiger partial charge in [0.2, 0.25) is 0 Å². The molecule has 0 heterocycles. The lowest BCUT2D eigenvalue weighted by atomic mass is 10.3. The van der Waals surface area contributed by atoms with Crippen molar-refractivity contribution >= 4 is 0 Å². The average molecular weight is 212 g/mol. The van der Waals surface area contributed by atoms with Gasteiger partial charge in [-0.1, -0.05) is 0 Å². The fourth-order valence-corrected chi connectivity index (χ4v) is 1.25. The topological polar surface area (TPSA) is 54.3 Å². The van der Waals surface area contributed by atoms with Crippen LogP contribution in [0.3, 0.4) is 0 Å². The molecule has 1 N–H and O–H groups in total. The van der Waals surface area contributed by atoms with E-state index in [9.17, 15) is 0 Å². The van der Waals surface area contributed by atoms with Crippen molar-refractivity contribution in [3.8, 4) is 6.07 Å². The van der Waals surface area contributed by atoms with Crippen LogP contribution in [0, 0.1) is 11.3 Å². The summed E-state index contributed by atoms with van der Waals surface area (Å²) in [5, 5.41) is 12.1. The fraction of sp³-hybridized carbons (Fsp3) is 0.909. The minimum atomic E-state index is -0.179. The Morgan fingerprint density at radius 2 is 2.20 bits per heavy atom. The number of rotatable bonds is 8. The molecule has 1 aliphatic rings. The lowest BCUT2D eigenvalue weighted by Gasteiger charge is -2.16.